The van der Waals surface area contributed by atoms with Crippen LogP contribution in [-0.4, -0.2) is 19.2 Å². The van der Waals surface area contributed by atoms with E-state index in [0.29, 0.717) is 18.8 Å². The van der Waals surface area contributed by atoms with Crippen molar-refractivity contribution in [3.8, 4) is 0 Å². The Balaban J connectivity index is 2.28. The molecule has 1 aliphatic rings. The second-order valence-electron chi connectivity index (χ2n) is 4.76. The number of ether oxygens (including phenoxy) is 2. The van der Waals surface area contributed by atoms with Gasteiger partial charge in [-0.1, -0.05) is 17.2 Å². The molecule has 0 aromatic rings. The van der Waals surface area contributed by atoms with E-state index in [1.165, 1.54) is 17.4 Å². The zero-order chi connectivity index (χ0) is 14.1. The Morgan fingerprint density at radius 2 is 2.16 bits per heavy atom. The quantitative estimate of drug-likeness (QED) is 0.541. The monoisotopic (exact) mass is 262 g/mol. The Hall–Kier alpha value is -1.77. The molecule has 0 aromatic carbocycles. The van der Waals surface area contributed by atoms with Crippen LogP contribution in [0.3, 0.4) is 0 Å². The van der Waals surface area contributed by atoms with Gasteiger partial charge in [-0.3, -0.25) is 0 Å². The maximum Gasteiger partial charge on any atom is 0.338 e. The number of hydrogen-bond donors (Lipinski definition) is 0. The minimum absolute atomic E-state index is 0.298. The van der Waals surface area contributed by atoms with E-state index >= 15 is 0 Å². The van der Waals surface area contributed by atoms with Crippen molar-refractivity contribution >= 4 is 5.97 Å². The molecule has 0 bridgehead atoms. The molecule has 0 fully saturated rings. The van der Waals surface area contributed by atoms with Crippen LogP contribution in [0.2, 0.25) is 0 Å². The first-order valence-corrected chi connectivity index (χ1v) is 6.54. The van der Waals surface area contributed by atoms with E-state index in [1.807, 2.05) is 6.08 Å². The minimum Gasteiger partial charge on any atom is -0.497 e. The third-order valence-electron chi connectivity index (χ3n) is 2.72. The fraction of sp³-hybridized carbons (Fsp3) is 0.438. The summed E-state index contributed by atoms with van der Waals surface area (Å²) in [5.41, 5.74) is 3.13. The van der Waals surface area contributed by atoms with Crippen LogP contribution >= 0.6 is 0 Å². The van der Waals surface area contributed by atoms with Gasteiger partial charge in [-0.2, -0.15) is 0 Å². The summed E-state index contributed by atoms with van der Waals surface area (Å²) in [5.74, 6) is -0.298. The smallest absolute Gasteiger partial charge is 0.338 e. The van der Waals surface area contributed by atoms with Crippen molar-refractivity contribution in [1.29, 1.82) is 0 Å². The number of allylic oxidation sites excluding steroid dienone is 3. The number of esters is 1. The summed E-state index contributed by atoms with van der Waals surface area (Å²) in [6.45, 7) is 7.00. The summed E-state index contributed by atoms with van der Waals surface area (Å²) in [7, 11) is 0. The molecule has 0 aromatic heterocycles. The third kappa shape index (κ3) is 6.65. The predicted molar refractivity (Wildman–Crippen MR) is 76.6 cm³/mol. The standard InChI is InChI=1S/C16H22O3/c1-13(2)5-4-6-14(3)7-12-19-16(17)15-8-10-18-11-9-15/h5,7-10H,4,6,11-12H2,1-3H3. The van der Waals surface area contributed by atoms with Crippen LogP contribution in [0, 0.1) is 0 Å². The largest absolute Gasteiger partial charge is 0.497 e. The first-order valence-electron chi connectivity index (χ1n) is 6.54. The molecule has 0 radical (unpaired) electrons. The van der Waals surface area contributed by atoms with Gasteiger partial charge >= 0.3 is 5.97 Å². The minimum atomic E-state index is -0.298. The zero-order valence-electron chi connectivity index (χ0n) is 11.9. The Kier molecular flexibility index (Phi) is 6.72. The fourth-order valence-corrected chi connectivity index (χ4v) is 1.57. The van der Waals surface area contributed by atoms with Crippen LogP contribution in [0.25, 0.3) is 0 Å². The highest BCUT2D eigenvalue weighted by molar-refractivity contribution is 5.91. The van der Waals surface area contributed by atoms with Crippen LogP contribution in [-0.2, 0) is 14.3 Å². The van der Waals surface area contributed by atoms with Crippen LogP contribution in [0.4, 0.5) is 0 Å². The Labute approximate surface area is 115 Å². The molecular formula is C16H22O3. The first-order chi connectivity index (χ1) is 9.09. The molecule has 1 aliphatic heterocycles. The number of hydrogen-bond acceptors (Lipinski definition) is 3. The number of carbonyl (C=O) groups is 1. The lowest BCUT2D eigenvalue weighted by atomic mass is 10.1. The molecule has 0 amide bonds. The summed E-state index contributed by atoms with van der Waals surface area (Å²) in [6.07, 6.45) is 11.0. The molecule has 19 heavy (non-hydrogen) atoms. The lowest BCUT2D eigenvalue weighted by Gasteiger charge is -2.07. The van der Waals surface area contributed by atoms with Gasteiger partial charge in [-0.05, 0) is 51.8 Å². The highest BCUT2D eigenvalue weighted by Crippen LogP contribution is 2.08. The number of carbonyl (C=O) groups excluding carboxylic acids is 1. The fourth-order valence-electron chi connectivity index (χ4n) is 1.57. The first kappa shape index (κ1) is 15.3. The molecule has 0 spiro atoms. The highest BCUT2D eigenvalue weighted by atomic mass is 16.5. The maximum absolute atomic E-state index is 11.6. The van der Waals surface area contributed by atoms with Crippen molar-refractivity contribution in [2.24, 2.45) is 0 Å². The van der Waals surface area contributed by atoms with E-state index in [9.17, 15) is 4.79 Å². The van der Waals surface area contributed by atoms with E-state index in [0.717, 1.165) is 12.8 Å². The van der Waals surface area contributed by atoms with Crippen LogP contribution in [0.1, 0.15) is 33.6 Å². The molecule has 0 atom stereocenters. The van der Waals surface area contributed by atoms with Gasteiger partial charge in [0.25, 0.3) is 0 Å². The molecule has 1 heterocycles. The number of rotatable bonds is 6. The molecular weight excluding hydrogens is 240 g/mol. The molecule has 0 saturated heterocycles. The average Bonchev–Trinajstić information content (AvgIpc) is 2.39. The summed E-state index contributed by atoms with van der Waals surface area (Å²) < 4.78 is 10.1. The molecule has 0 unspecified atom stereocenters. The molecule has 0 N–H and O–H groups in total. The summed E-state index contributed by atoms with van der Waals surface area (Å²) in [5, 5.41) is 0. The van der Waals surface area contributed by atoms with E-state index in [-0.39, 0.29) is 5.97 Å². The Bertz CT molecular complexity index is 421. The van der Waals surface area contributed by atoms with Gasteiger partial charge in [0.15, 0.2) is 0 Å². The third-order valence-corrected chi connectivity index (χ3v) is 2.72. The second kappa shape index (κ2) is 8.35. The van der Waals surface area contributed by atoms with Gasteiger partial charge in [0, 0.05) is 0 Å². The van der Waals surface area contributed by atoms with E-state index in [2.05, 4.69) is 26.8 Å². The van der Waals surface area contributed by atoms with Gasteiger partial charge < -0.3 is 9.47 Å². The molecule has 1 rings (SSSR count). The van der Waals surface area contributed by atoms with Crippen LogP contribution < -0.4 is 0 Å². The SMILES string of the molecule is CC(C)=CCCC(C)=CCOC(=O)C1=CCOC=C1. The van der Waals surface area contributed by atoms with Gasteiger partial charge in [0.1, 0.15) is 13.2 Å². The lowest BCUT2D eigenvalue weighted by Crippen LogP contribution is -2.09. The normalized spacial score (nSPS) is 14.5. The predicted octanol–water partition coefficient (Wildman–Crippen LogP) is 3.69. The summed E-state index contributed by atoms with van der Waals surface area (Å²) in [4.78, 5) is 11.6. The summed E-state index contributed by atoms with van der Waals surface area (Å²) in [6, 6.07) is 0. The van der Waals surface area contributed by atoms with Crippen molar-refractivity contribution in [2.45, 2.75) is 33.6 Å². The molecule has 104 valence electrons. The van der Waals surface area contributed by atoms with Crippen LogP contribution in [0.15, 0.2) is 47.3 Å². The van der Waals surface area contributed by atoms with Crippen molar-refractivity contribution in [1.82, 2.24) is 0 Å². The van der Waals surface area contributed by atoms with E-state index < -0.39 is 0 Å². The molecule has 3 heteroatoms. The molecule has 0 saturated carbocycles. The van der Waals surface area contributed by atoms with Crippen molar-refractivity contribution in [3.05, 3.63) is 47.3 Å². The van der Waals surface area contributed by atoms with Crippen molar-refractivity contribution in [3.63, 3.8) is 0 Å². The average molecular weight is 262 g/mol. The van der Waals surface area contributed by atoms with Gasteiger partial charge in [0.05, 0.1) is 11.8 Å². The Morgan fingerprint density at radius 1 is 1.37 bits per heavy atom. The molecule has 3 nitrogen and oxygen atoms in total. The van der Waals surface area contributed by atoms with Crippen LogP contribution in [0.5, 0.6) is 0 Å². The van der Waals surface area contributed by atoms with E-state index in [1.54, 1.807) is 12.2 Å². The second-order valence-corrected chi connectivity index (χ2v) is 4.76. The highest BCUT2D eigenvalue weighted by Gasteiger charge is 2.09. The van der Waals surface area contributed by atoms with Crippen molar-refractivity contribution in [2.75, 3.05) is 13.2 Å². The molecule has 0 aliphatic carbocycles. The van der Waals surface area contributed by atoms with Crippen molar-refractivity contribution < 1.29 is 14.3 Å². The topological polar surface area (TPSA) is 35.5 Å². The summed E-state index contributed by atoms with van der Waals surface area (Å²) >= 11 is 0. The van der Waals surface area contributed by atoms with Gasteiger partial charge in [-0.25, -0.2) is 4.79 Å². The van der Waals surface area contributed by atoms with E-state index in [4.69, 9.17) is 9.47 Å². The Morgan fingerprint density at radius 3 is 2.79 bits per heavy atom. The zero-order valence-corrected chi connectivity index (χ0v) is 11.9. The lowest BCUT2D eigenvalue weighted by molar-refractivity contribution is -0.137. The maximum atomic E-state index is 11.6. The van der Waals surface area contributed by atoms with Gasteiger partial charge in [0.2, 0.25) is 0 Å². The van der Waals surface area contributed by atoms with Gasteiger partial charge in [-0.15, -0.1) is 0 Å².